The minimum atomic E-state index is -1.15. The van der Waals surface area contributed by atoms with E-state index in [1.54, 1.807) is 0 Å². The minimum absolute atomic E-state index is 0.163. The highest BCUT2D eigenvalue weighted by atomic mass is 16.6. The van der Waals surface area contributed by atoms with E-state index in [1.165, 1.54) is 6.92 Å². The Morgan fingerprint density at radius 1 is 1.16 bits per heavy atom. The van der Waals surface area contributed by atoms with E-state index in [4.69, 9.17) is 9.84 Å². The Balaban J connectivity index is 2.33. The molecule has 2 rings (SSSR count). The molecule has 0 aromatic heterocycles. The molecule has 4 nitrogen and oxygen atoms in total. The molecule has 0 aliphatic rings. The van der Waals surface area contributed by atoms with E-state index in [0.29, 0.717) is 0 Å². The van der Waals surface area contributed by atoms with Crippen molar-refractivity contribution in [1.82, 2.24) is 0 Å². The Morgan fingerprint density at radius 2 is 1.84 bits per heavy atom. The van der Waals surface area contributed by atoms with E-state index < -0.39 is 18.0 Å². The van der Waals surface area contributed by atoms with Gasteiger partial charge in [-0.1, -0.05) is 42.5 Å². The van der Waals surface area contributed by atoms with Gasteiger partial charge < -0.3 is 9.84 Å². The van der Waals surface area contributed by atoms with Crippen LogP contribution < -0.4 is 0 Å². The summed E-state index contributed by atoms with van der Waals surface area (Å²) in [4.78, 5) is 22.0. The van der Waals surface area contributed by atoms with Crippen molar-refractivity contribution in [2.45, 2.75) is 19.4 Å². The summed E-state index contributed by atoms with van der Waals surface area (Å²) < 4.78 is 4.83. The van der Waals surface area contributed by atoms with Gasteiger partial charge in [-0.25, -0.2) is 4.79 Å². The van der Waals surface area contributed by atoms with Gasteiger partial charge in [0, 0.05) is 13.3 Å². The number of ether oxygens (including phenoxy) is 1. The summed E-state index contributed by atoms with van der Waals surface area (Å²) in [5.74, 6) is -1.73. The van der Waals surface area contributed by atoms with Crippen LogP contribution in [-0.4, -0.2) is 23.1 Å². The van der Waals surface area contributed by atoms with Crippen LogP contribution in [0.1, 0.15) is 12.5 Å². The lowest BCUT2D eigenvalue weighted by Gasteiger charge is -2.14. The number of carbonyl (C=O) groups excluding carboxylic acids is 1. The number of benzene rings is 2. The van der Waals surface area contributed by atoms with Crippen molar-refractivity contribution in [3.8, 4) is 0 Å². The summed E-state index contributed by atoms with van der Waals surface area (Å²) in [5, 5.41) is 11.1. The zero-order valence-electron chi connectivity index (χ0n) is 10.5. The van der Waals surface area contributed by atoms with Gasteiger partial charge in [-0.15, -0.1) is 0 Å². The van der Waals surface area contributed by atoms with E-state index in [0.717, 1.165) is 16.3 Å². The maximum Gasteiger partial charge on any atom is 0.345 e. The number of hydrogen-bond donors (Lipinski definition) is 1. The van der Waals surface area contributed by atoms with E-state index in [1.807, 2.05) is 42.5 Å². The SMILES string of the molecule is CC(=O)O[C@@H](Cc1cccc2ccccc12)C(=O)O. The molecule has 0 aliphatic heterocycles. The molecule has 0 radical (unpaired) electrons. The molecule has 2 aromatic carbocycles. The van der Waals surface area contributed by atoms with Gasteiger partial charge in [0.05, 0.1) is 0 Å². The number of carbonyl (C=O) groups is 2. The first-order valence-electron chi connectivity index (χ1n) is 5.94. The topological polar surface area (TPSA) is 63.6 Å². The van der Waals surface area contributed by atoms with E-state index in [-0.39, 0.29) is 6.42 Å². The summed E-state index contributed by atoms with van der Waals surface area (Å²) >= 11 is 0. The zero-order valence-corrected chi connectivity index (χ0v) is 10.5. The molecule has 0 heterocycles. The second-order valence-corrected chi connectivity index (χ2v) is 4.28. The molecule has 0 spiro atoms. The minimum Gasteiger partial charge on any atom is -0.478 e. The Morgan fingerprint density at radius 3 is 2.53 bits per heavy atom. The van der Waals surface area contributed by atoms with Crippen LogP contribution in [0, 0.1) is 0 Å². The standard InChI is InChI=1S/C15H14O4/c1-10(16)19-14(15(17)18)9-12-7-4-6-11-5-2-3-8-13(11)12/h2-8,14H,9H2,1H3,(H,17,18)/t14-/m0/s1. The van der Waals surface area contributed by atoms with Crippen molar-refractivity contribution in [1.29, 1.82) is 0 Å². The van der Waals surface area contributed by atoms with E-state index in [9.17, 15) is 9.59 Å². The van der Waals surface area contributed by atoms with Gasteiger partial charge in [0.15, 0.2) is 0 Å². The largest absolute Gasteiger partial charge is 0.478 e. The molecule has 0 saturated carbocycles. The van der Waals surface area contributed by atoms with Gasteiger partial charge in [-0.2, -0.15) is 0 Å². The highest BCUT2D eigenvalue weighted by Gasteiger charge is 2.21. The quantitative estimate of drug-likeness (QED) is 0.855. The highest BCUT2D eigenvalue weighted by molar-refractivity contribution is 5.86. The second kappa shape index (κ2) is 5.52. The molecular formula is C15H14O4. The van der Waals surface area contributed by atoms with Crippen molar-refractivity contribution in [2.75, 3.05) is 0 Å². The molecule has 1 N–H and O–H groups in total. The molecule has 0 fully saturated rings. The number of fused-ring (bicyclic) bond motifs is 1. The molecule has 1 atom stereocenters. The zero-order chi connectivity index (χ0) is 13.8. The van der Waals surface area contributed by atoms with Gasteiger partial charge in [0.2, 0.25) is 6.10 Å². The number of aliphatic carboxylic acids is 1. The van der Waals surface area contributed by atoms with Crippen LogP contribution in [0.15, 0.2) is 42.5 Å². The normalized spacial score (nSPS) is 12.1. The highest BCUT2D eigenvalue weighted by Crippen LogP contribution is 2.20. The number of rotatable bonds is 4. The van der Waals surface area contributed by atoms with Gasteiger partial charge in [0.1, 0.15) is 0 Å². The summed E-state index contributed by atoms with van der Waals surface area (Å²) in [6.07, 6.45) is -0.987. The van der Waals surface area contributed by atoms with Gasteiger partial charge in [-0.05, 0) is 16.3 Å². The Labute approximate surface area is 110 Å². The van der Waals surface area contributed by atoms with Crippen LogP contribution in [-0.2, 0) is 20.7 Å². The second-order valence-electron chi connectivity index (χ2n) is 4.28. The molecule has 0 bridgehead atoms. The lowest BCUT2D eigenvalue weighted by atomic mass is 10.00. The van der Waals surface area contributed by atoms with Crippen LogP contribution in [0.4, 0.5) is 0 Å². The smallest absolute Gasteiger partial charge is 0.345 e. The fraction of sp³-hybridized carbons (Fsp3) is 0.200. The van der Waals surface area contributed by atoms with Crippen molar-refractivity contribution < 1.29 is 19.4 Å². The Kier molecular flexibility index (Phi) is 3.80. The summed E-state index contributed by atoms with van der Waals surface area (Å²) in [6.45, 7) is 1.21. The predicted octanol–water partition coefficient (Wildman–Crippen LogP) is 2.40. The number of carboxylic acids is 1. The lowest BCUT2D eigenvalue weighted by molar-refractivity contribution is -0.162. The molecule has 19 heavy (non-hydrogen) atoms. The average Bonchev–Trinajstić information content (AvgIpc) is 2.37. The third-order valence-corrected chi connectivity index (χ3v) is 2.87. The summed E-state index contributed by atoms with van der Waals surface area (Å²) in [5.41, 5.74) is 0.853. The first-order valence-corrected chi connectivity index (χ1v) is 5.94. The number of carboxylic acid groups (broad SMARTS) is 1. The number of esters is 1. The van der Waals surface area contributed by atoms with Crippen LogP contribution in [0.3, 0.4) is 0 Å². The Hall–Kier alpha value is -2.36. The van der Waals surface area contributed by atoms with Crippen LogP contribution in [0.5, 0.6) is 0 Å². The lowest BCUT2D eigenvalue weighted by Crippen LogP contribution is -2.28. The van der Waals surface area contributed by atoms with Gasteiger partial charge in [0.25, 0.3) is 0 Å². The fourth-order valence-electron chi connectivity index (χ4n) is 2.05. The third kappa shape index (κ3) is 3.10. The van der Waals surface area contributed by atoms with E-state index in [2.05, 4.69) is 0 Å². The van der Waals surface area contributed by atoms with Crippen LogP contribution in [0.2, 0.25) is 0 Å². The fourth-order valence-corrected chi connectivity index (χ4v) is 2.05. The maximum absolute atomic E-state index is 11.1. The molecule has 2 aromatic rings. The monoisotopic (exact) mass is 258 g/mol. The van der Waals surface area contributed by atoms with Crippen LogP contribution in [0.25, 0.3) is 10.8 Å². The molecule has 98 valence electrons. The van der Waals surface area contributed by atoms with Gasteiger partial charge in [-0.3, -0.25) is 4.79 Å². The molecule has 0 saturated heterocycles. The van der Waals surface area contributed by atoms with Crippen molar-refractivity contribution in [3.63, 3.8) is 0 Å². The van der Waals surface area contributed by atoms with E-state index >= 15 is 0 Å². The molecule has 0 amide bonds. The van der Waals surface area contributed by atoms with Gasteiger partial charge >= 0.3 is 11.9 Å². The van der Waals surface area contributed by atoms with Crippen LogP contribution >= 0.6 is 0 Å². The third-order valence-electron chi connectivity index (χ3n) is 2.87. The van der Waals surface area contributed by atoms with Crippen molar-refractivity contribution in [3.05, 3.63) is 48.0 Å². The molecule has 0 unspecified atom stereocenters. The first-order chi connectivity index (χ1) is 9.08. The molecule has 0 aliphatic carbocycles. The molecular weight excluding hydrogens is 244 g/mol. The average molecular weight is 258 g/mol. The summed E-state index contributed by atoms with van der Waals surface area (Å²) in [7, 11) is 0. The Bertz CT molecular complexity index is 613. The van der Waals surface area contributed by atoms with Crippen molar-refractivity contribution in [2.24, 2.45) is 0 Å². The maximum atomic E-state index is 11.1. The van der Waals surface area contributed by atoms with Crippen molar-refractivity contribution >= 4 is 22.7 Å². The predicted molar refractivity (Wildman–Crippen MR) is 70.8 cm³/mol. The summed E-state index contributed by atoms with van der Waals surface area (Å²) in [6, 6.07) is 13.4. The first kappa shape index (κ1) is 13.1. The molecule has 4 heteroatoms. The number of hydrogen-bond acceptors (Lipinski definition) is 3.